The zero-order valence-corrected chi connectivity index (χ0v) is 18.2. The van der Waals surface area contributed by atoms with Crippen LogP contribution >= 0.6 is 0 Å². The summed E-state index contributed by atoms with van der Waals surface area (Å²) < 4.78 is 0. The fraction of sp³-hybridized carbons (Fsp3) is 0.333. The number of benzene rings is 2. The molecule has 2 aliphatic rings. The molecule has 1 aromatic heterocycles. The molecular formula is C27H25N3O2. The van der Waals surface area contributed by atoms with E-state index in [0.717, 1.165) is 40.9 Å². The number of aryl methyl sites for hydroxylation is 1. The predicted molar refractivity (Wildman–Crippen MR) is 121 cm³/mol. The summed E-state index contributed by atoms with van der Waals surface area (Å²) in [5, 5.41) is 19.6. The third-order valence-corrected chi connectivity index (χ3v) is 7.39. The Labute approximate surface area is 187 Å². The fourth-order valence-corrected chi connectivity index (χ4v) is 5.96. The van der Waals surface area contributed by atoms with Gasteiger partial charge in [0.15, 0.2) is 5.78 Å². The van der Waals surface area contributed by atoms with Gasteiger partial charge in [-0.1, -0.05) is 37.3 Å². The number of ketones is 1. The Balaban J connectivity index is 1.81. The molecule has 0 spiro atoms. The van der Waals surface area contributed by atoms with E-state index in [1.807, 2.05) is 44.2 Å². The van der Waals surface area contributed by atoms with Gasteiger partial charge in [0.2, 0.25) is 0 Å². The molecule has 0 amide bonds. The summed E-state index contributed by atoms with van der Waals surface area (Å²) in [6.07, 6.45) is 2.06. The fourth-order valence-electron chi connectivity index (χ4n) is 5.96. The third-order valence-electron chi connectivity index (χ3n) is 7.39. The number of carbonyl (C=O) groups is 1. The van der Waals surface area contributed by atoms with E-state index in [2.05, 4.69) is 18.2 Å². The molecule has 5 heteroatoms. The lowest BCUT2D eigenvalue weighted by atomic mass is 9.50. The SMILES string of the molecule is Cc1nc(-c2ccc(O)cc2)c2c(n1)[C@]1(c3ccccc3)CC(C#N)C(=O)[C@@H](C)[C@@H]1CC2. The monoisotopic (exact) mass is 423 g/mol. The van der Waals surface area contributed by atoms with Gasteiger partial charge in [0.05, 0.1) is 17.5 Å². The average molecular weight is 424 g/mol. The number of nitriles is 1. The molecule has 1 unspecified atom stereocenters. The van der Waals surface area contributed by atoms with Gasteiger partial charge in [0.25, 0.3) is 0 Å². The molecule has 160 valence electrons. The minimum atomic E-state index is -0.653. The molecule has 5 rings (SSSR count). The van der Waals surface area contributed by atoms with Crippen molar-refractivity contribution in [2.24, 2.45) is 17.8 Å². The Morgan fingerprint density at radius 3 is 2.50 bits per heavy atom. The Hall–Kier alpha value is -3.52. The minimum Gasteiger partial charge on any atom is -0.508 e. The molecule has 32 heavy (non-hydrogen) atoms. The summed E-state index contributed by atoms with van der Waals surface area (Å²) in [5.41, 5.74) is 4.44. The Bertz CT molecular complexity index is 1230. The quantitative estimate of drug-likeness (QED) is 0.642. The lowest BCUT2D eigenvalue weighted by molar-refractivity contribution is -0.131. The van der Waals surface area contributed by atoms with Crippen molar-refractivity contribution in [3.8, 4) is 23.1 Å². The van der Waals surface area contributed by atoms with E-state index in [-0.39, 0.29) is 23.4 Å². The maximum Gasteiger partial charge on any atom is 0.153 e. The van der Waals surface area contributed by atoms with Crippen LogP contribution in [0.25, 0.3) is 11.3 Å². The molecule has 1 N–H and O–H groups in total. The first kappa shape index (κ1) is 20.4. The van der Waals surface area contributed by atoms with Gasteiger partial charge in [0, 0.05) is 22.5 Å². The molecule has 3 aromatic rings. The summed E-state index contributed by atoms with van der Waals surface area (Å²) in [5.74, 6) is 0.147. The van der Waals surface area contributed by atoms with Gasteiger partial charge in [0.1, 0.15) is 17.5 Å². The second-order valence-corrected chi connectivity index (χ2v) is 9.05. The van der Waals surface area contributed by atoms with E-state index in [1.54, 1.807) is 12.1 Å². The Kier molecular flexibility index (Phi) is 4.82. The molecule has 2 aliphatic carbocycles. The maximum atomic E-state index is 13.0. The van der Waals surface area contributed by atoms with Gasteiger partial charge in [-0.05, 0) is 61.9 Å². The van der Waals surface area contributed by atoms with Crippen molar-refractivity contribution in [1.82, 2.24) is 9.97 Å². The molecule has 4 atom stereocenters. The van der Waals surface area contributed by atoms with Crippen molar-refractivity contribution >= 4 is 5.78 Å². The molecule has 0 radical (unpaired) electrons. The first-order valence-corrected chi connectivity index (χ1v) is 11.1. The number of carbonyl (C=O) groups excluding carboxylic acids is 1. The third kappa shape index (κ3) is 2.94. The van der Waals surface area contributed by atoms with Crippen molar-refractivity contribution in [1.29, 1.82) is 5.26 Å². The highest BCUT2D eigenvalue weighted by atomic mass is 16.3. The summed E-state index contributed by atoms with van der Waals surface area (Å²) in [6.45, 7) is 3.87. The molecule has 1 fully saturated rings. The van der Waals surface area contributed by atoms with Crippen molar-refractivity contribution < 1.29 is 9.90 Å². The summed E-state index contributed by atoms with van der Waals surface area (Å²) in [7, 11) is 0. The number of hydrogen-bond donors (Lipinski definition) is 1. The smallest absolute Gasteiger partial charge is 0.153 e. The zero-order chi connectivity index (χ0) is 22.5. The number of aromatic nitrogens is 2. The van der Waals surface area contributed by atoms with Gasteiger partial charge >= 0.3 is 0 Å². The molecule has 0 bridgehead atoms. The van der Waals surface area contributed by atoms with Crippen LogP contribution in [0.2, 0.25) is 0 Å². The van der Waals surface area contributed by atoms with Crippen LogP contribution in [0.4, 0.5) is 0 Å². The van der Waals surface area contributed by atoms with Gasteiger partial charge in [-0.15, -0.1) is 0 Å². The van der Waals surface area contributed by atoms with Crippen LogP contribution in [0, 0.1) is 36.0 Å². The van der Waals surface area contributed by atoms with Gasteiger partial charge < -0.3 is 5.11 Å². The van der Waals surface area contributed by atoms with E-state index >= 15 is 0 Å². The number of rotatable bonds is 2. The van der Waals surface area contributed by atoms with E-state index in [4.69, 9.17) is 9.97 Å². The molecule has 0 aliphatic heterocycles. The van der Waals surface area contributed by atoms with Crippen LogP contribution in [-0.4, -0.2) is 20.9 Å². The van der Waals surface area contributed by atoms with Gasteiger partial charge in [-0.3, -0.25) is 4.79 Å². The van der Waals surface area contributed by atoms with Crippen LogP contribution in [0.1, 0.15) is 42.4 Å². The summed E-state index contributed by atoms with van der Waals surface area (Å²) >= 11 is 0. The number of aromatic hydroxyl groups is 1. The number of Topliss-reactive ketones (excluding diaryl/α,β-unsaturated/α-hetero) is 1. The van der Waals surface area contributed by atoms with E-state index in [9.17, 15) is 15.2 Å². The first-order valence-electron chi connectivity index (χ1n) is 11.1. The van der Waals surface area contributed by atoms with Crippen LogP contribution in [0.3, 0.4) is 0 Å². The van der Waals surface area contributed by atoms with E-state index < -0.39 is 11.3 Å². The highest BCUT2D eigenvalue weighted by Gasteiger charge is 2.56. The second-order valence-electron chi connectivity index (χ2n) is 9.05. The molecular weight excluding hydrogens is 398 g/mol. The zero-order valence-electron chi connectivity index (χ0n) is 18.2. The number of phenols is 1. The van der Waals surface area contributed by atoms with Gasteiger partial charge in [-0.2, -0.15) is 5.26 Å². The van der Waals surface area contributed by atoms with Crippen LogP contribution in [-0.2, 0) is 16.6 Å². The molecule has 5 nitrogen and oxygen atoms in total. The molecule has 1 heterocycles. The molecule has 2 aromatic carbocycles. The Morgan fingerprint density at radius 2 is 1.81 bits per heavy atom. The highest BCUT2D eigenvalue weighted by Crippen LogP contribution is 2.56. The topological polar surface area (TPSA) is 86.9 Å². The van der Waals surface area contributed by atoms with Crippen LogP contribution in [0.5, 0.6) is 5.75 Å². The lowest BCUT2D eigenvalue weighted by Gasteiger charge is -2.51. The first-order chi connectivity index (χ1) is 15.5. The normalized spacial score (nSPS) is 26.7. The van der Waals surface area contributed by atoms with E-state index in [0.29, 0.717) is 12.2 Å². The number of nitrogens with zero attached hydrogens (tertiary/aromatic N) is 3. The highest BCUT2D eigenvalue weighted by molar-refractivity contribution is 5.87. The minimum absolute atomic E-state index is 0.0528. The van der Waals surface area contributed by atoms with Crippen LogP contribution in [0.15, 0.2) is 54.6 Å². The average Bonchev–Trinajstić information content (AvgIpc) is 2.81. The molecule has 1 saturated carbocycles. The summed E-state index contributed by atoms with van der Waals surface area (Å²) in [6, 6.07) is 19.6. The maximum absolute atomic E-state index is 13.0. The van der Waals surface area contributed by atoms with Gasteiger partial charge in [-0.25, -0.2) is 9.97 Å². The number of fused-ring (bicyclic) bond motifs is 3. The largest absolute Gasteiger partial charge is 0.508 e. The predicted octanol–water partition coefficient (Wildman–Crippen LogP) is 4.75. The second kappa shape index (κ2) is 7.56. The standard InChI is InChI=1S/C27H25N3O2/c1-16-23-13-12-22-24(18-8-10-21(31)11-9-18)29-17(2)30-26(22)27(23,14-19(15-28)25(16)32)20-6-4-3-5-7-20/h3-11,16,19,23,31H,12-14H2,1-2H3/t16-,19?,23-,27-/m0/s1. The number of hydrogen-bond acceptors (Lipinski definition) is 5. The van der Waals surface area contributed by atoms with E-state index in [1.165, 1.54) is 0 Å². The van der Waals surface area contributed by atoms with Crippen molar-refractivity contribution in [2.45, 2.75) is 38.5 Å². The summed E-state index contributed by atoms with van der Waals surface area (Å²) in [4.78, 5) is 22.8. The van der Waals surface area contributed by atoms with Crippen molar-refractivity contribution in [3.63, 3.8) is 0 Å². The van der Waals surface area contributed by atoms with Crippen LogP contribution < -0.4 is 0 Å². The Morgan fingerprint density at radius 1 is 1.09 bits per heavy atom. The number of phenolic OH excluding ortho intramolecular Hbond substituents is 1. The van der Waals surface area contributed by atoms with Crippen molar-refractivity contribution in [2.75, 3.05) is 0 Å². The van der Waals surface area contributed by atoms with Crippen molar-refractivity contribution in [3.05, 3.63) is 77.2 Å². The lowest BCUT2D eigenvalue weighted by Crippen LogP contribution is -2.53. The molecule has 0 saturated heterocycles.